The standard InChI is InChI=1S/C68H45NO/c1-67(2)57-25-12-8-21-48(57)52-34-32-46(40-61(52)67)69(47-33-35-53-51-24-11-15-28-60(51)68(62(53)41-47)58-26-13-9-22-49(58)50-23-10-14-27-59(50)68)63-29-16-30-65-66(63)56-39-44-20-7-6-19-43(44)37-54(56)55-38-45(31-36-64(55)70-65)42-17-4-3-5-18-42/h3-41H,1-2H3. The second kappa shape index (κ2) is 14.4. The van der Waals surface area contributed by atoms with Crippen molar-refractivity contribution in [3.8, 4) is 78.3 Å². The van der Waals surface area contributed by atoms with Crippen molar-refractivity contribution in [3.05, 3.63) is 270 Å². The molecule has 0 atom stereocenters. The van der Waals surface area contributed by atoms with E-state index in [0.717, 1.165) is 56.4 Å². The average Bonchev–Trinajstić information content (AvgIpc) is 3.92. The lowest BCUT2D eigenvalue weighted by Gasteiger charge is -2.33. The van der Waals surface area contributed by atoms with E-state index in [0.29, 0.717) is 0 Å². The maximum absolute atomic E-state index is 7.26. The zero-order valence-corrected chi connectivity index (χ0v) is 38.9. The van der Waals surface area contributed by atoms with Crippen molar-refractivity contribution >= 4 is 27.8 Å². The summed E-state index contributed by atoms with van der Waals surface area (Å²) < 4.78 is 7.26. The fourth-order valence-electron chi connectivity index (χ4n) is 13.0. The molecule has 0 aromatic heterocycles. The first-order valence-corrected chi connectivity index (χ1v) is 24.5. The van der Waals surface area contributed by atoms with Gasteiger partial charge in [0.05, 0.1) is 11.1 Å². The van der Waals surface area contributed by atoms with Crippen LogP contribution in [0, 0.1) is 0 Å². The molecule has 0 saturated carbocycles. The molecule has 4 aliphatic rings. The van der Waals surface area contributed by atoms with Gasteiger partial charge in [-0.25, -0.2) is 0 Å². The summed E-state index contributed by atoms with van der Waals surface area (Å²) in [7, 11) is 0. The lowest BCUT2D eigenvalue weighted by Crippen LogP contribution is -2.26. The SMILES string of the molecule is CC1(C)c2ccccc2-c2ccc(N(c3ccc4c(c3)C3(c5ccccc5-c5ccccc53)c3ccccc3-4)c3cccc4c3-c3cc5ccccc5cc3-c3cc(-c5ccccc5)ccc3O4)cc21. The average molecular weight is 892 g/mol. The van der Waals surface area contributed by atoms with Crippen LogP contribution in [-0.2, 0) is 10.8 Å². The molecule has 0 fully saturated rings. The molecular weight excluding hydrogens is 847 g/mol. The van der Waals surface area contributed by atoms with Crippen LogP contribution in [0.3, 0.4) is 0 Å². The molecule has 1 spiro atoms. The Hall–Kier alpha value is -8.72. The van der Waals surface area contributed by atoms with Gasteiger partial charge in [-0.2, -0.15) is 0 Å². The predicted octanol–water partition coefficient (Wildman–Crippen LogP) is 18.1. The minimum Gasteiger partial charge on any atom is -0.456 e. The van der Waals surface area contributed by atoms with Crippen molar-refractivity contribution in [1.29, 1.82) is 0 Å². The highest BCUT2D eigenvalue weighted by Crippen LogP contribution is 2.64. The van der Waals surface area contributed by atoms with Crippen LogP contribution in [0.25, 0.3) is 77.5 Å². The second-order valence-corrected chi connectivity index (χ2v) is 19.9. The third kappa shape index (κ3) is 5.28. The summed E-state index contributed by atoms with van der Waals surface area (Å²) in [6.07, 6.45) is 0. The van der Waals surface area contributed by atoms with Gasteiger partial charge in [0.2, 0.25) is 0 Å². The van der Waals surface area contributed by atoms with Crippen molar-refractivity contribution < 1.29 is 4.74 Å². The van der Waals surface area contributed by atoms with E-state index in [9.17, 15) is 0 Å². The van der Waals surface area contributed by atoms with Gasteiger partial charge in [0, 0.05) is 27.9 Å². The molecule has 0 saturated heterocycles. The van der Waals surface area contributed by atoms with Crippen molar-refractivity contribution in [2.45, 2.75) is 24.7 Å². The molecule has 1 heterocycles. The summed E-state index contributed by atoms with van der Waals surface area (Å²) in [5.41, 5.74) is 25.0. The Labute approximate surface area is 408 Å². The third-order valence-corrected chi connectivity index (χ3v) is 16.1. The van der Waals surface area contributed by atoms with Crippen LogP contribution in [0.4, 0.5) is 17.1 Å². The van der Waals surface area contributed by atoms with Crippen molar-refractivity contribution in [3.63, 3.8) is 0 Å². The second-order valence-electron chi connectivity index (χ2n) is 19.9. The van der Waals surface area contributed by atoms with E-state index in [1.807, 2.05) is 0 Å². The number of benzene rings is 11. The molecule has 0 N–H and O–H groups in total. The number of hydrogen-bond donors (Lipinski definition) is 0. The Morgan fingerprint density at radius 2 is 0.829 bits per heavy atom. The quantitative estimate of drug-likeness (QED) is 0.175. The van der Waals surface area contributed by atoms with Gasteiger partial charge in [-0.05, 0) is 160 Å². The van der Waals surface area contributed by atoms with Gasteiger partial charge >= 0.3 is 0 Å². The zero-order chi connectivity index (χ0) is 46.3. The first kappa shape index (κ1) is 39.3. The summed E-state index contributed by atoms with van der Waals surface area (Å²) in [4.78, 5) is 2.52. The summed E-state index contributed by atoms with van der Waals surface area (Å²) in [5, 5.41) is 2.38. The molecule has 11 aromatic rings. The van der Waals surface area contributed by atoms with E-state index in [1.54, 1.807) is 0 Å². The first-order chi connectivity index (χ1) is 34.5. The lowest BCUT2D eigenvalue weighted by atomic mass is 9.70. The minimum absolute atomic E-state index is 0.200. The van der Waals surface area contributed by atoms with Gasteiger partial charge in [-0.3, -0.25) is 0 Å². The number of fused-ring (bicyclic) bond motifs is 19. The van der Waals surface area contributed by atoms with Crippen LogP contribution in [-0.4, -0.2) is 0 Å². The Bertz CT molecular complexity index is 3960. The Morgan fingerprint density at radius 1 is 0.314 bits per heavy atom. The monoisotopic (exact) mass is 891 g/mol. The van der Waals surface area contributed by atoms with Gasteiger partial charge in [-0.1, -0.05) is 190 Å². The molecule has 0 unspecified atom stereocenters. The molecule has 0 radical (unpaired) electrons. The van der Waals surface area contributed by atoms with Crippen LogP contribution < -0.4 is 9.64 Å². The van der Waals surface area contributed by atoms with E-state index >= 15 is 0 Å². The number of ether oxygens (including phenoxy) is 1. The molecule has 0 bridgehead atoms. The van der Waals surface area contributed by atoms with E-state index in [2.05, 4.69) is 255 Å². The maximum Gasteiger partial charge on any atom is 0.137 e. The summed E-state index contributed by atoms with van der Waals surface area (Å²) in [6, 6.07) is 88.1. The maximum atomic E-state index is 7.26. The Kier molecular flexibility index (Phi) is 8.08. The third-order valence-electron chi connectivity index (χ3n) is 16.1. The fraction of sp³-hybridized carbons (Fsp3) is 0.0588. The normalized spacial score (nSPS) is 14.2. The molecule has 2 nitrogen and oxygen atoms in total. The fourth-order valence-corrected chi connectivity index (χ4v) is 13.0. The van der Waals surface area contributed by atoms with Gasteiger partial charge < -0.3 is 9.64 Å². The van der Waals surface area contributed by atoms with E-state index in [1.165, 1.54) is 83.1 Å². The summed E-state index contributed by atoms with van der Waals surface area (Å²) in [6.45, 7) is 4.75. The van der Waals surface area contributed by atoms with Crippen LogP contribution in [0.2, 0.25) is 0 Å². The minimum atomic E-state index is -0.497. The highest BCUT2D eigenvalue weighted by molar-refractivity contribution is 6.05. The van der Waals surface area contributed by atoms with Crippen LogP contribution in [0.15, 0.2) is 237 Å². The van der Waals surface area contributed by atoms with Crippen molar-refractivity contribution in [2.75, 3.05) is 4.90 Å². The molecule has 70 heavy (non-hydrogen) atoms. The first-order valence-electron chi connectivity index (χ1n) is 24.5. The number of anilines is 3. The number of nitrogens with zero attached hydrogens (tertiary/aromatic N) is 1. The predicted molar refractivity (Wildman–Crippen MR) is 289 cm³/mol. The van der Waals surface area contributed by atoms with E-state index < -0.39 is 5.41 Å². The largest absolute Gasteiger partial charge is 0.456 e. The molecule has 11 aromatic carbocycles. The Balaban J connectivity index is 1.02. The molecule has 3 aliphatic carbocycles. The van der Waals surface area contributed by atoms with Gasteiger partial charge in [0.25, 0.3) is 0 Å². The summed E-state index contributed by atoms with van der Waals surface area (Å²) >= 11 is 0. The summed E-state index contributed by atoms with van der Waals surface area (Å²) in [5.74, 6) is 1.66. The van der Waals surface area contributed by atoms with Crippen molar-refractivity contribution in [1.82, 2.24) is 0 Å². The molecule has 15 rings (SSSR count). The number of hydrogen-bond acceptors (Lipinski definition) is 2. The van der Waals surface area contributed by atoms with Crippen LogP contribution in [0.5, 0.6) is 11.5 Å². The smallest absolute Gasteiger partial charge is 0.137 e. The highest BCUT2D eigenvalue weighted by atomic mass is 16.5. The molecule has 328 valence electrons. The van der Waals surface area contributed by atoms with Crippen LogP contribution >= 0.6 is 0 Å². The van der Waals surface area contributed by atoms with Gasteiger partial charge in [0.15, 0.2) is 0 Å². The van der Waals surface area contributed by atoms with Gasteiger partial charge in [0.1, 0.15) is 11.5 Å². The van der Waals surface area contributed by atoms with E-state index in [-0.39, 0.29) is 5.41 Å². The molecule has 2 heteroatoms. The molecular formula is C68H45NO. The van der Waals surface area contributed by atoms with E-state index in [4.69, 9.17) is 4.74 Å². The van der Waals surface area contributed by atoms with Crippen molar-refractivity contribution in [2.24, 2.45) is 0 Å². The van der Waals surface area contributed by atoms with Crippen LogP contribution in [0.1, 0.15) is 47.2 Å². The topological polar surface area (TPSA) is 12.5 Å². The van der Waals surface area contributed by atoms with Gasteiger partial charge in [-0.15, -0.1) is 0 Å². The molecule has 0 amide bonds. The zero-order valence-electron chi connectivity index (χ0n) is 38.9. The number of rotatable bonds is 4. The Morgan fingerprint density at radius 3 is 1.47 bits per heavy atom. The highest BCUT2D eigenvalue weighted by Gasteiger charge is 2.52. The molecule has 1 aliphatic heterocycles. The lowest BCUT2D eigenvalue weighted by molar-refractivity contribution is 0.488.